The standard InChI is InChI=1S/C28H22N4O2S/c29-28-26-24(20-6-9-23(10-7-20)34-22-4-2-1-3-5-22)18-35-27(26)21(17-32-28)8-11-25(33)31-16-19-12-14-30-15-13-19/h1-15,17-18H,16H2,(H2,29,32)(H,31,33)/b11-8+. The third kappa shape index (κ3) is 5.20. The lowest BCUT2D eigenvalue weighted by atomic mass is 10.0. The average Bonchev–Trinajstić information content (AvgIpc) is 3.35. The number of nitrogen functional groups attached to an aromatic ring is 1. The van der Waals surface area contributed by atoms with Crippen molar-refractivity contribution in [2.75, 3.05) is 5.73 Å². The molecule has 3 N–H and O–H groups in total. The first-order valence-electron chi connectivity index (χ1n) is 11.0. The fraction of sp³-hybridized carbons (Fsp3) is 0.0357. The maximum atomic E-state index is 12.3. The number of hydrogen-bond donors (Lipinski definition) is 2. The van der Waals surface area contributed by atoms with Gasteiger partial charge >= 0.3 is 0 Å². The third-order valence-corrected chi connectivity index (χ3v) is 6.46. The number of hydrogen-bond acceptors (Lipinski definition) is 6. The van der Waals surface area contributed by atoms with E-state index in [1.165, 1.54) is 6.08 Å². The quantitative estimate of drug-likeness (QED) is 0.277. The van der Waals surface area contributed by atoms with Crippen LogP contribution in [0.4, 0.5) is 5.82 Å². The van der Waals surface area contributed by atoms with E-state index < -0.39 is 0 Å². The van der Waals surface area contributed by atoms with Crippen LogP contribution >= 0.6 is 11.3 Å². The molecule has 3 heterocycles. The number of nitrogens with one attached hydrogen (secondary N) is 1. The Balaban J connectivity index is 1.35. The highest BCUT2D eigenvalue weighted by Crippen LogP contribution is 2.39. The van der Waals surface area contributed by atoms with E-state index >= 15 is 0 Å². The number of thiophene rings is 1. The summed E-state index contributed by atoms with van der Waals surface area (Å²) in [5.74, 6) is 1.82. The molecule has 2 aromatic carbocycles. The van der Waals surface area contributed by atoms with E-state index in [4.69, 9.17) is 10.5 Å². The highest BCUT2D eigenvalue weighted by atomic mass is 32.1. The average molecular weight is 479 g/mol. The van der Waals surface area contributed by atoms with Crippen molar-refractivity contribution >= 4 is 39.2 Å². The first-order chi connectivity index (χ1) is 17.2. The largest absolute Gasteiger partial charge is 0.457 e. The Kier molecular flexibility index (Phi) is 6.50. The summed E-state index contributed by atoms with van der Waals surface area (Å²) in [6.07, 6.45) is 8.39. The number of carbonyl (C=O) groups is 1. The molecule has 0 atom stereocenters. The van der Waals surface area contributed by atoms with Gasteiger partial charge in [-0.3, -0.25) is 9.78 Å². The summed E-state index contributed by atoms with van der Waals surface area (Å²) in [5, 5.41) is 5.82. The number of pyridine rings is 2. The second kappa shape index (κ2) is 10.2. The molecule has 35 heavy (non-hydrogen) atoms. The van der Waals surface area contributed by atoms with Crippen LogP contribution in [0.5, 0.6) is 11.5 Å². The number of fused-ring (bicyclic) bond motifs is 1. The van der Waals surface area contributed by atoms with Gasteiger partial charge in [0.15, 0.2) is 0 Å². The van der Waals surface area contributed by atoms with Crippen molar-refractivity contribution in [3.63, 3.8) is 0 Å². The fourth-order valence-corrected chi connectivity index (χ4v) is 4.74. The molecular weight excluding hydrogens is 456 g/mol. The number of rotatable bonds is 7. The van der Waals surface area contributed by atoms with Gasteiger partial charge in [-0.1, -0.05) is 30.3 Å². The van der Waals surface area contributed by atoms with Gasteiger partial charge in [0.05, 0.1) is 0 Å². The molecule has 6 nitrogen and oxygen atoms in total. The van der Waals surface area contributed by atoms with Gasteiger partial charge in [0.2, 0.25) is 5.91 Å². The Hall–Kier alpha value is -4.49. The van der Waals surface area contributed by atoms with Crippen molar-refractivity contribution in [1.29, 1.82) is 0 Å². The van der Waals surface area contributed by atoms with Crippen molar-refractivity contribution in [2.24, 2.45) is 0 Å². The highest BCUT2D eigenvalue weighted by Gasteiger charge is 2.13. The molecule has 0 radical (unpaired) electrons. The molecular formula is C28H22N4O2S. The minimum absolute atomic E-state index is 0.183. The molecule has 1 amide bonds. The summed E-state index contributed by atoms with van der Waals surface area (Å²) < 4.78 is 6.88. The summed E-state index contributed by atoms with van der Waals surface area (Å²) in [6.45, 7) is 0.439. The Bertz CT molecular complexity index is 1480. The van der Waals surface area contributed by atoms with Gasteiger partial charge in [0.1, 0.15) is 17.3 Å². The first-order valence-corrected chi connectivity index (χ1v) is 11.9. The van der Waals surface area contributed by atoms with Crippen LogP contribution in [0, 0.1) is 0 Å². The summed E-state index contributed by atoms with van der Waals surface area (Å²) in [5.41, 5.74) is 10.1. The molecule has 172 valence electrons. The Morgan fingerprint density at radius 1 is 1.00 bits per heavy atom. The summed E-state index contributed by atoms with van der Waals surface area (Å²) >= 11 is 1.58. The fourth-order valence-electron chi connectivity index (χ4n) is 3.66. The third-order valence-electron chi connectivity index (χ3n) is 5.43. The number of carbonyl (C=O) groups excluding carboxylic acids is 1. The predicted molar refractivity (Wildman–Crippen MR) is 141 cm³/mol. The van der Waals surface area contributed by atoms with E-state index in [2.05, 4.69) is 20.7 Å². The zero-order chi connectivity index (χ0) is 24.0. The molecule has 7 heteroatoms. The molecule has 0 aliphatic heterocycles. The molecule has 5 aromatic rings. The van der Waals surface area contributed by atoms with E-state index in [1.54, 1.807) is 36.0 Å². The highest BCUT2D eigenvalue weighted by molar-refractivity contribution is 7.18. The lowest BCUT2D eigenvalue weighted by Crippen LogP contribution is -2.20. The minimum atomic E-state index is -0.183. The summed E-state index contributed by atoms with van der Waals surface area (Å²) in [6, 6.07) is 21.3. The normalized spacial score (nSPS) is 11.1. The number of benzene rings is 2. The van der Waals surface area contributed by atoms with Crippen LogP contribution in [-0.2, 0) is 11.3 Å². The smallest absolute Gasteiger partial charge is 0.244 e. The molecule has 0 spiro atoms. The molecule has 0 bridgehead atoms. The predicted octanol–water partition coefficient (Wildman–Crippen LogP) is 6.06. The van der Waals surface area contributed by atoms with E-state index in [-0.39, 0.29) is 5.91 Å². The number of aromatic nitrogens is 2. The lowest BCUT2D eigenvalue weighted by molar-refractivity contribution is -0.116. The topological polar surface area (TPSA) is 90.1 Å². The van der Waals surface area contributed by atoms with E-state index in [0.29, 0.717) is 12.4 Å². The number of nitrogens with zero attached hydrogens (tertiary/aromatic N) is 2. The molecule has 0 unspecified atom stereocenters. The number of amides is 1. The van der Waals surface area contributed by atoms with Gasteiger partial charge in [-0.15, -0.1) is 11.3 Å². The zero-order valence-corrected chi connectivity index (χ0v) is 19.5. The van der Waals surface area contributed by atoms with Gasteiger partial charge in [-0.05, 0) is 59.0 Å². The first kappa shape index (κ1) is 22.3. The summed E-state index contributed by atoms with van der Waals surface area (Å²) in [4.78, 5) is 20.7. The summed E-state index contributed by atoms with van der Waals surface area (Å²) in [7, 11) is 0. The maximum absolute atomic E-state index is 12.3. The minimum Gasteiger partial charge on any atom is -0.457 e. The monoisotopic (exact) mass is 478 g/mol. The van der Waals surface area contributed by atoms with Crippen LogP contribution in [0.25, 0.3) is 27.3 Å². The molecule has 0 aliphatic carbocycles. The van der Waals surface area contributed by atoms with Crippen molar-refractivity contribution in [3.05, 3.63) is 108 Å². The molecule has 3 aromatic heterocycles. The maximum Gasteiger partial charge on any atom is 0.244 e. The molecule has 0 aliphatic rings. The molecule has 5 rings (SSSR count). The van der Waals surface area contributed by atoms with Gasteiger partial charge in [-0.2, -0.15) is 0 Å². The van der Waals surface area contributed by atoms with E-state index in [1.807, 2.05) is 66.7 Å². The number of anilines is 1. The number of para-hydroxylation sites is 1. The van der Waals surface area contributed by atoms with Crippen LogP contribution in [0.2, 0.25) is 0 Å². The molecule has 0 saturated carbocycles. The van der Waals surface area contributed by atoms with Crippen molar-refractivity contribution in [3.8, 4) is 22.6 Å². The van der Waals surface area contributed by atoms with Crippen LogP contribution in [0.3, 0.4) is 0 Å². The van der Waals surface area contributed by atoms with Crippen LogP contribution < -0.4 is 15.8 Å². The van der Waals surface area contributed by atoms with Crippen LogP contribution in [0.1, 0.15) is 11.1 Å². The van der Waals surface area contributed by atoms with E-state index in [9.17, 15) is 4.79 Å². The number of nitrogens with two attached hydrogens (primary N) is 1. The Morgan fingerprint density at radius 2 is 1.74 bits per heavy atom. The van der Waals surface area contributed by atoms with Crippen molar-refractivity contribution in [1.82, 2.24) is 15.3 Å². The molecule has 0 saturated heterocycles. The Labute approximate surface area is 206 Å². The SMILES string of the molecule is Nc1ncc(/C=C/C(=O)NCc2ccncc2)c2scc(-c3ccc(Oc4ccccc4)cc3)c12. The van der Waals surface area contributed by atoms with Crippen molar-refractivity contribution in [2.45, 2.75) is 6.54 Å². The number of ether oxygens (including phenoxy) is 1. The van der Waals surface area contributed by atoms with Gasteiger partial charge in [0, 0.05) is 52.4 Å². The second-order valence-corrected chi connectivity index (χ2v) is 8.68. The van der Waals surface area contributed by atoms with Crippen molar-refractivity contribution < 1.29 is 9.53 Å². The Morgan fingerprint density at radius 3 is 2.51 bits per heavy atom. The zero-order valence-electron chi connectivity index (χ0n) is 18.7. The lowest BCUT2D eigenvalue weighted by Gasteiger charge is -2.07. The van der Waals surface area contributed by atoms with Gasteiger partial charge in [0.25, 0.3) is 0 Å². The van der Waals surface area contributed by atoms with Gasteiger partial charge < -0.3 is 15.8 Å². The van der Waals surface area contributed by atoms with E-state index in [0.717, 1.165) is 43.8 Å². The van der Waals surface area contributed by atoms with Crippen LogP contribution in [0.15, 0.2) is 96.8 Å². The van der Waals surface area contributed by atoms with Gasteiger partial charge in [-0.25, -0.2) is 4.98 Å². The van der Waals surface area contributed by atoms with Crippen LogP contribution in [-0.4, -0.2) is 15.9 Å². The molecule has 0 fully saturated rings. The second-order valence-electron chi connectivity index (χ2n) is 7.80.